The smallest absolute Gasteiger partial charge is 0.0207 e. The van der Waals surface area contributed by atoms with Gasteiger partial charge in [-0.15, -0.1) is 11.8 Å². The van der Waals surface area contributed by atoms with Crippen molar-refractivity contribution in [2.45, 2.75) is 19.3 Å². The highest BCUT2D eigenvalue weighted by molar-refractivity contribution is 8.06. The van der Waals surface area contributed by atoms with E-state index in [2.05, 4.69) is 28.5 Å². The molecule has 1 aliphatic carbocycles. The molecule has 0 N–H and O–H groups in total. The Morgan fingerprint density at radius 1 is 1.33 bits per heavy atom. The second kappa shape index (κ2) is 4.18. The normalized spacial score (nSPS) is 30.3. The highest BCUT2D eigenvalue weighted by Crippen LogP contribution is 2.43. The number of thioether (sulfide) groups is 1. The Hall–Kier alpha value is -0.470. The van der Waals surface area contributed by atoms with Gasteiger partial charge in [0.15, 0.2) is 0 Å². The number of hydrogen-bond acceptors (Lipinski definition) is 2. The summed E-state index contributed by atoms with van der Waals surface area (Å²) in [6, 6.07) is 0. The van der Waals surface area contributed by atoms with Crippen LogP contribution in [0.5, 0.6) is 0 Å². The molecule has 1 fully saturated rings. The topological polar surface area (TPSA) is 3.24 Å². The van der Waals surface area contributed by atoms with Gasteiger partial charge in [-0.1, -0.05) is 18.2 Å². The number of allylic oxidation sites excluding steroid dienone is 4. The molecule has 0 aromatic heterocycles. The molecule has 3 rings (SSSR count). The minimum atomic E-state index is 0.723. The van der Waals surface area contributed by atoms with Crippen LogP contribution in [0.2, 0.25) is 0 Å². The van der Waals surface area contributed by atoms with Crippen LogP contribution in [0.4, 0.5) is 0 Å². The molecule has 2 heterocycles. The predicted octanol–water partition coefficient (Wildman–Crippen LogP) is 3.17. The van der Waals surface area contributed by atoms with Crippen LogP contribution in [-0.4, -0.2) is 24.5 Å². The third-order valence-corrected chi connectivity index (χ3v) is 4.62. The van der Waals surface area contributed by atoms with Gasteiger partial charge in [-0.3, -0.25) is 4.90 Å². The lowest BCUT2D eigenvalue weighted by atomic mass is 9.93. The second-order valence-electron chi connectivity index (χ2n) is 4.58. The Bertz CT molecular complexity index is 334. The molecule has 1 nitrogen and oxygen atoms in total. The fourth-order valence-corrected chi connectivity index (χ4v) is 3.73. The molecule has 2 aliphatic heterocycles. The van der Waals surface area contributed by atoms with E-state index >= 15 is 0 Å². The van der Waals surface area contributed by atoms with E-state index in [1.165, 1.54) is 38.9 Å². The molecule has 0 bridgehead atoms. The zero-order valence-electron chi connectivity index (χ0n) is 8.98. The lowest BCUT2D eigenvalue weighted by molar-refractivity contribution is 0.359. The van der Waals surface area contributed by atoms with Gasteiger partial charge in [-0.25, -0.2) is 0 Å². The van der Waals surface area contributed by atoms with E-state index in [0.717, 1.165) is 5.92 Å². The van der Waals surface area contributed by atoms with E-state index in [4.69, 9.17) is 0 Å². The first-order valence-electron chi connectivity index (χ1n) is 5.88. The second-order valence-corrected chi connectivity index (χ2v) is 5.52. The standard InChI is InChI=1S/C13H17NS/c1-2-6-13-12(5-1)11(10-15-13)9-14-7-3-4-8-14/h1-2,6,10,12H,3-5,7-9H2. The zero-order valence-corrected chi connectivity index (χ0v) is 9.80. The summed E-state index contributed by atoms with van der Waals surface area (Å²) in [5.41, 5.74) is 1.65. The molecule has 0 aromatic carbocycles. The average molecular weight is 219 g/mol. The van der Waals surface area contributed by atoms with E-state index in [1.54, 1.807) is 10.5 Å². The van der Waals surface area contributed by atoms with Crippen LogP contribution >= 0.6 is 11.8 Å². The van der Waals surface area contributed by atoms with E-state index in [1.807, 2.05) is 11.8 Å². The Kier molecular flexibility index (Phi) is 2.72. The molecule has 0 spiro atoms. The molecule has 0 saturated carbocycles. The highest BCUT2D eigenvalue weighted by Gasteiger charge is 2.26. The molecule has 0 radical (unpaired) electrons. The molecule has 1 saturated heterocycles. The summed E-state index contributed by atoms with van der Waals surface area (Å²) < 4.78 is 0. The third-order valence-electron chi connectivity index (χ3n) is 3.51. The first-order valence-corrected chi connectivity index (χ1v) is 6.76. The number of likely N-dealkylation sites (tertiary alicyclic amines) is 1. The van der Waals surface area contributed by atoms with Gasteiger partial charge < -0.3 is 0 Å². The van der Waals surface area contributed by atoms with Gasteiger partial charge in [0.25, 0.3) is 0 Å². The summed E-state index contributed by atoms with van der Waals surface area (Å²) in [6.07, 6.45) is 10.8. The molecule has 1 atom stereocenters. The number of nitrogens with zero attached hydrogens (tertiary/aromatic N) is 1. The lowest BCUT2D eigenvalue weighted by Crippen LogP contribution is -2.24. The van der Waals surface area contributed by atoms with Crippen molar-refractivity contribution >= 4 is 11.8 Å². The maximum atomic E-state index is 2.60. The molecule has 0 amide bonds. The SMILES string of the molecule is C1=CCC2C(CN3CCCC3)=CSC2=C1. The Morgan fingerprint density at radius 3 is 3.07 bits per heavy atom. The first-order chi connectivity index (χ1) is 7.43. The summed E-state index contributed by atoms with van der Waals surface area (Å²) in [4.78, 5) is 4.17. The molecule has 80 valence electrons. The van der Waals surface area contributed by atoms with Crippen molar-refractivity contribution in [3.05, 3.63) is 34.1 Å². The van der Waals surface area contributed by atoms with E-state index in [-0.39, 0.29) is 0 Å². The summed E-state index contributed by atoms with van der Waals surface area (Å²) in [5, 5.41) is 2.39. The lowest BCUT2D eigenvalue weighted by Gasteiger charge is -2.21. The summed E-state index contributed by atoms with van der Waals surface area (Å²) in [6.45, 7) is 3.83. The van der Waals surface area contributed by atoms with Gasteiger partial charge in [0.2, 0.25) is 0 Å². The van der Waals surface area contributed by atoms with E-state index in [9.17, 15) is 0 Å². The summed E-state index contributed by atoms with van der Waals surface area (Å²) in [5.74, 6) is 0.723. The average Bonchev–Trinajstić information content (AvgIpc) is 2.89. The number of hydrogen-bond donors (Lipinski definition) is 0. The van der Waals surface area contributed by atoms with Gasteiger partial charge in [-0.2, -0.15) is 0 Å². The largest absolute Gasteiger partial charge is 0.299 e. The van der Waals surface area contributed by atoms with Gasteiger partial charge in [0.05, 0.1) is 0 Å². The van der Waals surface area contributed by atoms with Crippen molar-refractivity contribution in [1.82, 2.24) is 4.90 Å². The third kappa shape index (κ3) is 1.93. The van der Waals surface area contributed by atoms with Crippen molar-refractivity contribution in [3.8, 4) is 0 Å². The molecule has 15 heavy (non-hydrogen) atoms. The Morgan fingerprint density at radius 2 is 2.20 bits per heavy atom. The maximum absolute atomic E-state index is 2.60. The van der Waals surface area contributed by atoms with Gasteiger partial charge in [0.1, 0.15) is 0 Å². The Balaban J connectivity index is 1.67. The summed E-state index contributed by atoms with van der Waals surface area (Å²) in [7, 11) is 0. The molecule has 2 heteroatoms. The maximum Gasteiger partial charge on any atom is 0.0207 e. The fourth-order valence-electron chi connectivity index (χ4n) is 2.64. The predicted molar refractivity (Wildman–Crippen MR) is 66.7 cm³/mol. The fraction of sp³-hybridized carbons (Fsp3) is 0.538. The van der Waals surface area contributed by atoms with Crippen molar-refractivity contribution < 1.29 is 0 Å². The minimum Gasteiger partial charge on any atom is -0.299 e. The van der Waals surface area contributed by atoms with Gasteiger partial charge in [-0.05, 0) is 48.2 Å². The van der Waals surface area contributed by atoms with Crippen LogP contribution in [0, 0.1) is 5.92 Å². The van der Waals surface area contributed by atoms with Crippen LogP contribution in [-0.2, 0) is 0 Å². The van der Waals surface area contributed by atoms with Gasteiger partial charge >= 0.3 is 0 Å². The van der Waals surface area contributed by atoms with E-state index < -0.39 is 0 Å². The van der Waals surface area contributed by atoms with E-state index in [0.29, 0.717) is 0 Å². The summed E-state index contributed by atoms with van der Waals surface area (Å²) >= 11 is 1.94. The van der Waals surface area contributed by atoms with Crippen molar-refractivity contribution in [1.29, 1.82) is 0 Å². The highest BCUT2D eigenvalue weighted by atomic mass is 32.2. The first kappa shape index (κ1) is 9.73. The number of fused-ring (bicyclic) bond motifs is 1. The van der Waals surface area contributed by atoms with Crippen LogP contribution in [0.3, 0.4) is 0 Å². The van der Waals surface area contributed by atoms with Crippen LogP contribution in [0.1, 0.15) is 19.3 Å². The molecule has 1 unspecified atom stereocenters. The molecule has 0 aromatic rings. The van der Waals surface area contributed by atoms with Crippen LogP contribution in [0.15, 0.2) is 34.1 Å². The van der Waals surface area contributed by atoms with Crippen LogP contribution < -0.4 is 0 Å². The monoisotopic (exact) mass is 219 g/mol. The minimum absolute atomic E-state index is 0.723. The van der Waals surface area contributed by atoms with Crippen molar-refractivity contribution in [3.63, 3.8) is 0 Å². The molecular weight excluding hydrogens is 202 g/mol. The Labute approximate surface area is 95.9 Å². The van der Waals surface area contributed by atoms with Crippen LogP contribution in [0.25, 0.3) is 0 Å². The van der Waals surface area contributed by atoms with Gasteiger partial charge in [0, 0.05) is 12.5 Å². The van der Waals surface area contributed by atoms with Crippen molar-refractivity contribution in [2.75, 3.05) is 19.6 Å². The zero-order chi connectivity index (χ0) is 10.1. The van der Waals surface area contributed by atoms with Crippen molar-refractivity contribution in [2.24, 2.45) is 5.92 Å². The molecular formula is C13H17NS. The number of rotatable bonds is 2. The molecule has 3 aliphatic rings. The quantitative estimate of drug-likeness (QED) is 0.702.